The zero-order chi connectivity index (χ0) is 25.9. The maximum absolute atomic E-state index is 15.9. The van der Waals surface area contributed by atoms with Gasteiger partial charge < -0.3 is 4.57 Å². The second kappa shape index (κ2) is 8.62. The van der Waals surface area contributed by atoms with Crippen LogP contribution in [0.1, 0.15) is 0 Å². The molecule has 0 saturated carbocycles. The SMILES string of the molecule is O=P(c1cc(F)cc(F)c1)(c1cc2ccccc2c2ccccc12)c1cc2ccccc2c2ccccc12. The van der Waals surface area contributed by atoms with E-state index < -0.39 is 18.8 Å². The first-order valence-electron chi connectivity index (χ1n) is 12.4. The molecule has 0 aliphatic rings. The number of fused-ring (bicyclic) bond motifs is 6. The number of halogens is 2. The van der Waals surface area contributed by atoms with E-state index in [1.165, 1.54) is 12.1 Å². The van der Waals surface area contributed by atoms with Crippen LogP contribution in [0.15, 0.2) is 127 Å². The molecular formula is C34H21F2OP. The van der Waals surface area contributed by atoms with Crippen molar-refractivity contribution in [3.05, 3.63) is 139 Å². The van der Waals surface area contributed by atoms with E-state index in [2.05, 4.69) is 0 Å². The predicted molar refractivity (Wildman–Crippen MR) is 156 cm³/mol. The average molecular weight is 515 g/mol. The van der Waals surface area contributed by atoms with Crippen LogP contribution in [0.4, 0.5) is 8.78 Å². The topological polar surface area (TPSA) is 17.1 Å². The van der Waals surface area contributed by atoms with Crippen LogP contribution in [-0.4, -0.2) is 0 Å². The lowest BCUT2D eigenvalue weighted by atomic mass is 10.0. The lowest BCUT2D eigenvalue weighted by Crippen LogP contribution is -2.27. The molecule has 0 saturated heterocycles. The number of hydrogen-bond donors (Lipinski definition) is 0. The van der Waals surface area contributed by atoms with Gasteiger partial charge in [-0.3, -0.25) is 0 Å². The van der Waals surface area contributed by atoms with E-state index in [0.717, 1.165) is 49.2 Å². The number of hydrogen-bond acceptors (Lipinski definition) is 1. The summed E-state index contributed by atoms with van der Waals surface area (Å²) in [5, 5.41) is 8.68. The predicted octanol–water partition coefficient (Wildman–Crippen LogP) is 8.22. The van der Waals surface area contributed by atoms with Gasteiger partial charge in [0.05, 0.1) is 0 Å². The quantitative estimate of drug-likeness (QED) is 0.172. The van der Waals surface area contributed by atoms with Gasteiger partial charge >= 0.3 is 0 Å². The Morgan fingerprint density at radius 3 is 1.24 bits per heavy atom. The minimum atomic E-state index is -3.81. The maximum atomic E-state index is 15.9. The standard InChI is InChI=1S/C34H21F2OP/c35-24-19-25(36)21-26(20-24)38(37,33-17-22-9-1-3-11-27(22)29-13-5-7-15-31(29)33)34-18-23-10-2-4-12-28(23)30-14-6-8-16-32(30)34/h1-21H. The first-order valence-corrected chi connectivity index (χ1v) is 14.1. The van der Waals surface area contributed by atoms with E-state index in [-0.39, 0.29) is 5.30 Å². The highest BCUT2D eigenvalue weighted by Gasteiger charge is 2.35. The lowest BCUT2D eigenvalue weighted by Gasteiger charge is -2.25. The highest BCUT2D eigenvalue weighted by Crippen LogP contribution is 2.48. The van der Waals surface area contributed by atoms with Gasteiger partial charge in [0.1, 0.15) is 11.6 Å². The van der Waals surface area contributed by atoms with Gasteiger partial charge in [-0.05, 0) is 67.4 Å². The molecule has 38 heavy (non-hydrogen) atoms. The lowest BCUT2D eigenvalue weighted by molar-refractivity contribution is 0.580. The van der Waals surface area contributed by atoms with Crippen molar-refractivity contribution in [3.63, 3.8) is 0 Å². The second-order valence-electron chi connectivity index (χ2n) is 9.56. The van der Waals surface area contributed by atoms with Gasteiger partial charge in [-0.1, -0.05) is 97.1 Å². The molecular weight excluding hydrogens is 493 g/mol. The minimum absolute atomic E-state index is 0.135. The molecule has 7 aromatic rings. The van der Waals surface area contributed by atoms with Crippen molar-refractivity contribution in [2.45, 2.75) is 0 Å². The summed E-state index contributed by atoms with van der Waals surface area (Å²) in [6, 6.07) is 38.7. The molecule has 7 aromatic carbocycles. The van der Waals surface area contributed by atoms with Crippen molar-refractivity contribution in [2.75, 3.05) is 0 Å². The smallest absolute Gasteiger partial charge is 0.172 e. The van der Waals surface area contributed by atoms with E-state index in [4.69, 9.17) is 0 Å². The third-order valence-corrected chi connectivity index (χ3v) is 10.5. The normalized spacial score (nSPS) is 12.1. The van der Waals surface area contributed by atoms with E-state index in [1.807, 2.05) is 109 Å². The molecule has 0 aromatic heterocycles. The molecule has 0 heterocycles. The molecule has 0 spiro atoms. The molecule has 0 aliphatic heterocycles. The Morgan fingerprint density at radius 1 is 0.421 bits per heavy atom. The average Bonchev–Trinajstić information content (AvgIpc) is 2.95. The molecule has 0 radical (unpaired) electrons. The molecule has 1 nitrogen and oxygen atoms in total. The van der Waals surface area contributed by atoms with E-state index in [1.54, 1.807) is 0 Å². The van der Waals surface area contributed by atoms with Crippen LogP contribution in [0.5, 0.6) is 0 Å². The van der Waals surface area contributed by atoms with Crippen molar-refractivity contribution in [3.8, 4) is 0 Å². The minimum Gasteiger partial charge on any atom is -0.309 e. The molecule has 182 valence electrons. The molecule has 0 N–H and O–H groups in total. The van der Waals surface area contributed by atoms with Crippen LogP contribution in [0.3, 0.4) is 0 Å². The first-order chi connectivity index (χ1) is 18.5. The van der Waals surface area contributed by atoms with E-state index in [9.17, 15) is 8.78 Å². The zero-order valence-electron chi connectivity index (χ0n) is 20.2. The van der Waals surface area contributed by atoms with Crippen molar-refractivity contribution in [2.24, 2.45) is 0 Å². The summed E-state index contributed by atoms with van der Waals surface area (Å²) in [7, 11) is -3.81. The van der Waals surface area contributed by atoms with Crippen molar-refractivity contribution < 1.29 is 13.3 Å². The van der Waals surface area contributed by atoms with Gasteiger partial charge in [-0.2, -0.15) is 0 Å². The summed E-state index contributed by atoms with van der Waals surface area (Å²) in [5.74, 6) is -1.51. The van der Waals surface area contributed by atoms with Gasteiger partial charge in [0.2, 0.25) is 0 Å². The number of rotatable bonds is 3. The summed E-state index contributed by atoms with van der Waals surface area (Å²) in [4.78, 5) is 0. The molecule has 0 bridgehead atoms. The fourth-order valence-electron chi connectivity index (χ4n) is 5.72. The zero-order valence-corrected chi connectivity index (χ0v) is 21.1. The third-order valence-electron chi connectivity index (χ3n) is 7.38. The molecule has 4 heteroatoms. The summed E-state index contributed by atoms with van der Waals surface area (Å²) in [6.45, 7) is 0. The Labute approximate surface area is 218 Å². The summed E-state index contributed by atoms with van der Waals surface area (Å²) in [5.41, 5.74) is 0. The van der Waals surface area contributed by atoms with Gasteiger partial charge in [-0.15, -0.1) is 0 Å². The highest BCUT2D eigenvalue weighted by molar-refractivity contribution is 7.86. The van der Waals surface area contributed by atoms with Crippen LogP contribution in [0, 0.1) is 11.6 Å². The van der Waals surface area contributed by atoms with Gasteiger partial charge in [0, 0.05) is 22.0 Å². The fraction of sp³-hybridized carbons (Fsp3) is 0. The van der Waals surface area contributed by atoms with Gasteiger partial charge in [0.15, 0.2) is 7.14 Å². The van der Waals surface area contributed by atoms with Crippen LogP contribution >= 0.6 is 7.14 Å². The summed E-state index contributed by atoms with van der Waals surface area (Å²) < 4.78 is 45.4. The van der Waals surface area contributed by atoms with Gasteiger partial charge in [-0.25, -0.2) is 8.78 Å². The number of benzene rings is 7. The summed E-state index contributed by atoms with van der Waals surface area (Å²) >= 11 is 0. The summed E-state index contributed by atoms with van der Waals surface area (Å²) in [6.07, 6.45) is 0. The van der Waals surface area contributed by atoms with E-state index >= 15 is 4.57 Å². The Balaban J connectivity index is 1.72. The molecule has 0 unspecified atom stereocenters. The fourth-order valence-corrected chi connectivity index (χ4v) is 8.86. The van der Waals surface area contributed by atoms with Crippen molar-refractivity contribution in [1.29, 1.82) is 0 Å². The molecule has 0 fully saturated rings. The third kappa shape index (κ3) is 3.40. The van der Waals surface area contributed by atoms with Crippen LogP contribution in [-0.2, 0) is 4.57 Å². The van der Waals surface area contributed by atoms with Crippen LogP contribution in [0.25, 0.3) is 43.1 Å². The maximum Gasteiger partial charge on any atom is 0.172 e. The van der Waals surface area contributed by atoms with Crippen molar-refractivity contribution in [1.82, 2.24) is 0 Å². The van der Waals surface area contributed by atoms with E-state index in [0.29, 0.717) is 10.6 Å². The second-order valence-corrected chi connectivity index (χ2v) is 12.3. The monoisotopic (exact) mass is 514 g/mol. The molecule has 0 atom stereocenters. The van der Waals surface area contributed by atoms with Crippen LogP contribution < -0.4 is 15.9 Å². The molecule has 7 rings (SSSR count). The Bertz CT molecular complexity index is 1950. The molecule has 0 aliphatic carbocycles. The molecule has 0 amide bonds. The Hall–Kier alpha value is -4.33. The largest absolute Gasteiger partial charge is 0.309 e. The van der Waals surface area contributed by atoms with Crippen molar-refractivity contribution >= 4 is 66.1 Å². The van der Waals surface area contributed by atoms with Crippen LogP contribution in [0.2, 0.25) is 0 Å². The van der Waals surface area contributed by atoms with Gasteiger partial charge in [0.25, 0.3) is 0 Å². The highest BCUT2D eigenvalue weighted by atomic mass is 31.2. The first kappa shape index (κ1) is 22.8. The Kier molecular flexibility index (Phi) is 5.18. The Morgan fingerprint density at radius 2 is 0.789 bits per heavy atom.